The molecule has 1 aromatic heterocycles. The van der Waals surface area contributed by atoms with Crippen molar-refractivity contribution < 1.29 is 4.79 Å². The van der Waals surface area contributed by atoms with Gasteiger partial charge in [0.1, 0.15) is 0 Å². The maximum atomic E-state index is 12.6. The minimum atomic E-state index is -0.470. The van der Waals surface area contributed by atoms with Crippen LogP contribution in [0.2, 0.25) is 10.0 Å². The van der Waals surface area contributed by atoms with E-state index in [-0.39, 0.29) is 18.3 Å². The van der Waals surface area contributed by atoms with E-state index in [1.807, 2.05) is 19.9 Å². The minimum absolute atomic E-state index is 0. The molecule has 3 N–H and O–H groups in total. The number of carbonyl (C=O) groups is 1. The number of nitrogens with one attached hydrogen (secondary N) is 3. The molecule has 0 spiro atoms. The zero-order valence-electron chi connectivity index (χ0n) is 14.1. The fourth-order valence-corrected chi connectivity index (χ4v) is 3.44. The summed E-state index contributed by atoms with van der Waals surface area (Å²) in [6.07, 6.45) is 1.46. The van der Waals surface area contributed by atoms with Crippen molar-refractivity contribution in [3.63, 3.8) is 0 Å². The number of hydrogen-bond acceptors (Lipinski definition) is 3. The van der Waals surface area contributed by atoms with Gasteiger partial charge in [-0.05, 0) is 38.0 Å². The fraction of sp³-hybridized carbons (Fsp3) is 0.412. The average molecular weight is 404 g/mol. The molecular weight excluding hydrogens is 383 g/mol. The number of benzene rings is 1. The van der Waals surface area contributed by atoms with Crippen molar-refractivity contribution in [3.8, 4) is 0 Å². The second kappa shape index (κ2) is 7.96. The molecule has 8 heteroatoms. The van der Waals surface area contributed by atoms with Gasteiger partial charge in [0.2, 0.25) is 0 Å². The van der Waals surface area contributed by atoms with Gasteiger partial charge in [-0.25, -0.2) is 0 Å². The summed E-state index contributed by atoms with van der Waals surface area (Å²) in [5.74, 6) is -0.175. The summed E-state index contributed by atoms with van der Waals surface area (Å²) in [7, 11) is 0. The van der Waals surface area contributed by atoms with Gasteiger partial charge in [0.15, 0.2) is 5.69 Å². The Kier molecular flexibility index (Phi) is 6.38. The Bertz CT molecular complexity index is 773. The maximum absolute atomic E-state index is 12.6. The fourth-order valence-electron chi connectivity index (χ4n) is 2.96. The topological polar surface area (TPSA) is 69.8 Å². The number of fused-ring (bicyclic) bond motifs is 1. The normalized spacial score (nSPS) is 13.8. The maximum Gasteiger partial charge on any atom is 0.272 e. The van der Waals surface area contributed by atoms with Crippen LogP contribution in [0.15, 0.2) is 18.2 Å². The standard InChI is InChI=1S/C17H20Cl2N4O.ClH/c1-17(2,8-10-3-4-11(18)7-13(10)19)21-16(24)15-12-9-20-6-5-14(12)22-23-15;/h3-4,7,20H,5-6,8-9H2,1-2H3,(H,21,24)(H,22,23);1H. The van der Waals surface area contributed by atoms with Crippen molar-refractivity contribution in [1.82, 2.24) is 20.8 Å². The number of H-pyrrole nitrogens is 1. The van der Waals surface area contributed by atoms with Crippen LogP contribution in [0.5, 0.6) is 0 Å². The molecule has 2 heterocycles. The largest absolute Gasteiger partial charge is 0.345 e. The summed E-state index contributed by atoms with van der Waals surface area (Å²) >= 11 is 12.2. The third kappa shape index (κ3) is 4.67. The molecule has 136 valence electrons. The monoisotopic (exact) mass is 402 g/mol. The summed E-state index contributed by atoms with van der Waals surface area (Å²) in [6, 6.07) is 5.40. The van der Waals surface area contributed by atoms with Gasteiger partial charge >= 0.3 is 0 Å². The summed E-state index contributed by atoms with van der Waals surface area (Å²) in [5, 5.41) is 14.7. The highest BCUT2D eigenvalue weighted by Crippen LogP contribution is 2.25. The van der Waals surface area contributed by atoms with E-state index >= 15 is 0 Å². The lowest BCUT2D eigenvalue weighted by atomic mass is 9.94. The first kappa shape index (κ1) is 20.0. The van der Waals surface area contributed by atoms with Crippen LogP contribution >= 0.6 is 35.6 Å². The van der Waals surface area contributed by atoms with Crippen LogP contribution in [0.3, 0.4) is 0 Å². The second-order valence-corrected chi connectivity index (χ2v) is 7.55. The van der Waals surface area contributed by atoms with Gasteiger partial charge in [0.25, 0.3) is 5.91 Å². The first-order chi connectivity index (χ1) is 11.4. The molecule has 1 amide bonds. The summed E-state index contributed by atoms with van der Waals surface area (Å²) in [6.45, 7) is 5.50. The predicted octanol–water partition coefficient (Wildman–Crippen LogP) is 3.54. The number of carbonyl (C=O) groups excluding carboxylic acids is 1. The van der Waals surface area contributed by atoms with Crippen molar-refractivity contribution in [2.45, 2.75) is 38.8 Å². The number of aromatic amines is 1. The van der Waals surface area contributed by atoms with Crippen LogP contribution in [0.1, 0.15) is 41.2 Å². The minimum Gasteiger partial charge on any atom is -0.345 e. The van der Waals surface area contributed by atoms with E-state index in [0.29, 0.717) is 28.7 Å². The molecule has 0 atom stereocenters. The predicted molar refractivity (Wildman–Crippen MR) is 103 cm³/mol. The SMILES string of the molecule is CC(C)(Cc1ccc(Cl)cc1Cl)NC(=O)c1n[nH]c2c1CNCC2.Cl. The van der Waals surface area contributed by atoms with E-state index in [9.17, 15) is 4.79 Å². The van der Waals surface area contributed by atoms with Crippen molar-refractivity contribution in [3.05, 3.63) is 50.8 Å². The number of aromatic nitrogens is 2. The molecule has 0 saturated heterocycles. The smallest absolute Gasteiger partial charge is 0.272 e. The van der Waals surface area contributed by atoms with Crippen LogP contribution in [-0.4, -0.2) is 28.2 Å². The number of nitrogens with zero attached hydrogens (tertiary/aromatic N) is 1. The molecule has 0 aliphatic carbocycles. The Balaban J connectivity index is 0.00000225. The van der Waals surface area contributed by atoms with Gasteiger partial charge in [-0.15, -0.1) is 12.4 Å². The van der Waals surface area contributed by atoms with Gasteiger partial charge in [-0.1, -0.05) is 29.3 Å². The third-order valence-electron chi connectivity index (χ3n) is 4.12. The summed E-state index contributed by atoms with van der Waals surface area (Å²) in [4.78, 5) is 12.6. The van der Waals surface area contributed by atoms with Crippen LogP contribution in [-0.2, 0) is 19.4 Å². The number of halogens is 3. The first-order valence-corrected chi connectivity index (χ1v) is 8.64. The molecule has 0 bridgehead atoms. The third-order valence-corrected chi connectivity index (χ3v) is 4.71. The van der Waals surface area contributed by atoms with Crippen molar-refractivity contribution in [1.29, 1.82) is 0 Å². The average Bonchev–Trinajstić information content (AvgIpc) is 2.94. The van der Waals surface area contributed by atoms with E-state index in [1.54, 1.807) is 12.1 Å². The molecule has 1 aromatic carbocycles. The highest BCUT2D eigenvalue weighted by molar-refractivity contribution is 6.35. The Morgan fingerprint density at radius 1 is 1.36 bits per heavy atom. The summed E-state index contributed by atoms with van der Waals surface area (Å²) < 4.78 is 0. The Labute approximate surface area is 163 Å². The zero-order chi connectivity index (χ0) is 17.3. The molecule has 0 saturated carbocycles. The molecule has 0 unspecified atom stereocenters. The molecule has 3 rings (SSSR count). The van der Waals surface area contributed by atoms with E-state index in [1.165, 1.54) is 0 Å². The molecule has 25 heavy (non-hydrogen) atoms. The van der Waals surface area contributed by atoms with Crippen LogP contribution < -0.4 is 10.6 Å². The molecule has 1 aliphatic heterocycles. The highest BCUT2D eigenvalue weighted by atomic mass is 35.5. The Morgan fingerprint density at radius 3 is 2.84 bits per heavy atom. The number of rotatable bonds is 4. The number of amides is 1. The lowest BCUT2D eigenvalue weighted by Gasteiger charge is -2.27. The quantitative estimate of drug-likeness (QED) is 0.731. The Morgan fingerprint density at radius 2 is 2.12 bits per heavy atom. The summed E-state index contributed by atoms with van der Waals surface area (Å²) in [5.41, 5.74) is 2.93. The lowest BCUT2D eigenvalue weighted by Crippen LogP contribution is -2.45. The highest BCUT2D eigenvalue weighted by Gasteiger charge is 2.27. The van der Waals surface area contributed by atoms with E-state index < -0.39 is 5.54 Å². The van der Waals surface area contributed by atoms with Crippen molar-refractivity contribution in [2.24, 2.45) is 0 Å². The van der Waals surface area contributed by atoms with E-state index in [0.717, 1.165) is 29.8 Å². The molecular formula is C17H21Cl3N4O. The van der Waals surface area contributed by atoms with E-state index in [2.05, 4.69) is 20.8 Å². The van der Waals surface area contributed by atoms with Gasteiger partial charge in [-0.2, -0.15) is 5.10 Å². The second-order valence-electron chi connectivity index (χ2n) is 6.71. The van der Waals surface area contributed by atoms with Gasteiger partial charge in [0, 0.05) is 46.4 Å². The Hall–Kier alpha value is -1.27. The van der Waals surface area contributed by atoms with Crippen LogP contribution in [0.4, 0.5) is 0 Å². The molecule has 2 aromatic rings. The lowest BCUT2D eigenvalue weighted by molar-refractivity contribution is 0.0906. The first-order valence-electron chi connectivity index (χ1n) is 7.89. The van der Waals surface area contributed by atoms with Crippen molar-refractivity contribution >= 4 is 41.5 Å². The van der Waals surface area contributed by atoms with Gasteiger partial charge in [0.05, 0.1) is 0 Å². The van der Waals surface area contributed by atoms with E-state index in [4.69, 9.17) is 23.2 Å². The number of hydrogen-bond donors (Lipinski definition) is 3. The molecule has 5 nitrogen and oxygen atoms in total. The van der Waals surface area contributed by atoms with Crippen LogP contribution in [0, 0.1) is 0 Å². The zero-order valence-corrected chi connectivity index (χ0v) is 16.4. The molecule has 1 aliphatic rings. The van der Waals surface area contributed by atoms with Gasteiger partial charge in [-0.3, -0.25) is 9.89 Å². The van der Waals surface area contributed by atoms with Crippen LogP contribution in [0.25, 0.3) is 0 Å². The van der Waals surface area contributed by atoms with Crippen molar-refractivity contribution in [2.75, 3.05) is 6.54 Å². The van der Waals surface area contributed by atoms with Gasteiger partial charge < -0.3 is 10.6 Å². The molecule has 0 radical (unpaired) electrons. The molecule has 0 fully saturated rings.